The Morgan fingerprint density at radius 2 is 2.00 bits per heavy atom. The summed E-state index contributed by atoms with van der Waals surface area (Å²) in [4.78, 5) is 0. The van der Waals surface area contributed by atoms with E-state index >= 15 is 0 Å². The van der Waals surface area contributed by atoms with Gasteiger partial charge in [-0.15, -0.1) is 0 Å². The Hall–Kier alpha value is -1.26. The molecule has 0 saturated heterocycles. The van der Waals surface area contributed by atoms with Crippen molar-refractivity contribution in [3.8, 4) is 11.5 Å². The molecule has 0 heterocycles. The van der Waals surface area contributed by atoms with Gasteiger partial charge in [-0.3, -0.25) is 0 Å². The fourth-order valence-electron chi connectivity index (χ4n) is 1.52. The van der Waals surface area contributed by atoms with Crippen molar-refractivity contribution in [3.05, 3.63) is 23.8 Å². The van der Waals surface area contributed by atoms with Crippen LogP contribution in [0.3, 0.4) is 0 Å². The van der Waals surface area contributed by atoms with Gasteiger partial charge in [0.25, 0.3) is 0 Å². The zero-order valence-electron chi connectivity index (χ0n) is 11.4. The Bertz CT molecular complexity index is 380. The van der Waals surface area contributed by atoms with Gasteiger partial charge in [0.1, 0.15) is 11.5 Å². The first-order chi connectivity index (χ1) is 8.33. The van der Waals surface area contributed by atoms with Gasteiger partial charge in [0.15, 0.2) is 0 Å². The van der Waals surface area contributed by atoms with Gasteiger partial charge in [0.05, 0.1) is 25.4 Å². The fourth-order valence-corrected chi connectivity index (χ4v) is 1.52. The highest BCUT2D eigenvalue weighted by Gasteiger charge is 2.14. The number of ether oxygens (including phenoxy) is 2. The van der Waals surface area contributed by atoms with Crippen LogP contribution in [-0.4, -0.2) is 29.5 Å². The van der Waals surface area contributed by atoms with Crippen LogP contribution in [0, 0.1) is 0 Å². The molecule has 1 atom stereocenters. The molecule has 0 spiro atoms. The highest BCUT2D eigenvalue weighted by atomic mass is 16.5. The molecule has 0 amide bonds. The normalized spacial score (nSPS) is 13.2. The molecule has 0 aliphatic rings. The minimum Gasteiger partial charge on any atom is -0.497 e. The lowest BCUT2D eigenvalue weighted by Crippen LogP contribution is -2.22. The van der Waals surface area contributed by atoms with E-state index in [-0.39, 0.29) is 0 Å². The Balaban J connectivity index is 2.78. The van der Waals surface area contributed by atoms with Crippen LogP contribution in [0.5, 0.6) is 11.5 Å². The maximum atomic E-state index is 9.66. The second-order valence-electron chi connectivity index (χ2n) is 4.99. The smallest absolute Gasteiger partial charge is 0.128 e. The molecule has 0 unspecified atom stereocenters. The van der Waals surface area contributed by atoms with Crippen LogP contribution in [0.25, 0.3) is 0 Å². The maximum absolute atomic E-state index is 9.66. The molecule has 0 fully saturated rings. The van der Waals surface area contributed by atoms with Crippen molar-refractivity contribution in [1.29, 1.82) is 0 Å². The maximum Gasteiger partial charge on any atom is 0.128 e. The van der Waals surface area contributed by atoms with E-state index in [9.17, 15) is 10.2 Å². The number of aliphatic hydroxyl groups is 2. The number of hydrogen-bond acceptors (Lipinski definition) is 4. The molecule has 0 aliphatic carbocycles. The lowest BCUT2D eigenvalue weighted by Gasteiger charge is -2.19. The molecule has 18 heavy (non-hydrogen) atoms. The minimum atomic E-state index is -0.760. The van der Waals surface area contributed by atoms with Crippen molar-refractivity contribution in [3.63, 3.8) is 0 Å². The van der Waals surface area contributed by atoms with Crippen LogP contribution in [0.4, 0.5) is 0 Å². The zero-order valence-corrected chi connectivity index (χ0v) is 11.4. The third-order valence-electron chi connectivity index (χ3n) is 2.64. The van der Waals surface area contributed by atoms with Crippen molar-refractivity contribution in [2.24, 2.45) is 0 Å². The summed E-state index contributed by atoms with van der Waals surface area (Å²) >= 11 is 0. The second-order valence-corrected chi connectivity index (χ2v) is 4.99. The molecule has 2 N–H and O–H groups in total. The van der Waals surface area contributed by atoms with Gasteiger partial charge in [-0.2, -0.15) is 0 Å². The van der Waals surface area contributed by atoms with Crippen molar-refractivity contribution in [1.82, 2.24) is 0 Å². The van der Waals surface area contributed by atoms with Crippen LogP contribution in [0.15, 0.2) is 18.2 Å². The summed E-state index contributed by atoms with van der Waals surface area (Å²) in [5.41, 5.74) is -0.0457. The van der Waals surface area contributed by atoms with Gasteiger partial charge in [0.2, 0.25) is 0 Å². The van der Waals surface area contributed by atoms with Gasteiger partial charge in [-0.25, -0.2) is 0 Å². The Morgan fingerprint density at radius 1 is 1.33 bits per heavy atom. The summed E-state index contributed by atoms with van der Waals surface area (Å²) in [6.07, 6.45) is -0.0863. The van der Waals surface area contributed by atoms with Crippen LogP contribution >= 0.6 is 0 Å². The Morgan fingerprint density at radius 3 is 2.50 bits per heavy atom. The average Bonchev–Trinajstić information content (AvgIpc) is 2.26. The Kier molecular flexibility index (Phi) is 4.99. The van der Waals surface area contributed by atoms with Crippen LogP contribution in [0.1, 0.15) is 38.9 Å². The van der Waals surface area contributed by atoms with Crippen molar-refractivity contribution in [2.75, 3.05) is 13.7 Å². The first kappa shape index (κ1) is 14.8. The van der Waals surface area contributed by atoms with Gasteiger partial charge < -0.3 is 19.7 Å². The van der Waals surface area contributed by atoms with E-state index in [0.717, 1.165) is 0 Å². The highest BCUT2D eigenvalue weighted by Crippen LogP contribution is 2.29. The molecule has 0 radical (unpaired) electrons. The third-order valence-corrected chi connectivity index (χ3v) is 2.64. The molecule has 0 aromatic heterocycles. The minimum absolute atomic E-state index is 0.385. The molecule has 102 valence electrons. The summed E-state index contributed by atoms with van der Waals surface area (Å²) in [7, 11) is 1.58. The molecule has 4 heteroatoms. The van der Waals surface area contributed by atoms with E-state index in [4.69, 9.17) is 9.47 Å². The number of hydrogen-bond donors (Lipinski definition) is 2. The van der Waals surface area contributed by atoms with Gasteiger partial charge in [-0.05, 0) is 32.9 Å². The van der Waals surface area contributed by atoms with Crippen LogP contribution in [0.2, 0.25) is 0 Å². The summed E-state index contributed by atoms with van der Waals surface area (Å²) in [5.74, 6) is 1.27. The lowest BCUT2D eigenvalue weighted by molar-refractivity contribution is 0.0548. The number of aliphatic hydroxyl groups excluding tert-OH is 1. The zero-order chi connectivity index (χ0) is 13.8. The van der Waals surface area contributed by atoms with Crippen molar-refractivity contribution in [2.45, 2.75) is 38.9 Å². The SMILES string of the molecule is COc1ccc([C@@H](C)O)c(OCCC(C)(C)O)c1. The molecule has 1 rings (SSSR count). The van der Waals surface area contributed by atoms with Crippen LogP contribution < -0.4 is 9.47 Å². The number of methoxy groups -OCH3 is 1. The number of rotatable bonds is 6. The lowest BCUT2D eigenvalue weighted by atomic mass is 10.1. The summed E-state index contributed by atoms with van der Waals surface area (Å²) in [5, 5.41) is 19.3. The van der Waals surface area contributed by atoms with E-state index < -0.39 is 11.7 Å². The predicted octanol–water partition coefficient (Wildman–Crippen LogP) is 2.29. The topological polar surface area (TPSA) is 58.9 Å². The molecular formula is C14H22O4. The molecule has 1 aromatic rings. The van der Waals surface area contributed by atoms with E-state index in [1.807, 2.05) is 0 Å². The monoisotopic (exact) mass is 254 g/mol. The number of benzene rings is 1. The summed E-state index contributed by atoms with van der Waals surface area (Å²) in [6, 6.07) is 5.31. The van der Waals surface area contributed by atoms with E-state index in [2.05, 4.69) is 0 Å². The fraction of sp³-hybridized carbons (Fsp3) is 0.571. The van der Waals surface area contributed by atoms with Crippen molar-refractivity contribution >= 4 is 0 Å². The molecule has 0 saturated carbocycles. The molecule has 1 aromatic carbocycles. The summed E-state index contributed by atoms with van der Waals surface area (Å²) < 4.78 is 10.7. The van der Waals surface area contributed by atoms with Gasteiger partial charge >= 0.3 is 0 Å². The Labute approximate surface area is 108 Å². The summed E-state index contributed by atoms with van der Waals surface area (Å²) in [6.45, 7) is 5.54. The first-order valence-electron chi connectivity index (χ1n) is 6.04. The van der Waals surface area contributed by atoms with Crippen LogP contribution in [-0.2, 0) is 0 Å². The molecule has 0 aliphatic heterocycles. The first-order valence-corrected chi connectivity index (χ1v) is 6.04. The molecular weight excluding hydrogens is 232 g/mol. The predicted molar refractivity (Wildman–Crippen MR) is 70.0 cm³/mol. The molecule has 0 bridgehead atoms. The van der Waals surface area contributed by atoms with E-state index in [0.29, 0.717) is 30.1 Å². The third kappa shape index (κ3) is 4.55. The molecule has 4 nitrogen and oxygen atoms in total. The quantitative estimate of drug-likeness (QED) is 0.817. The largest absolute Gasteiger partial charge is 0.497 e. The van der Waals surface area contributed by atoms with Gasteiger partial charge in [-0.1, -0.05) is 0 Å². The van der Waals surface area contributed by atoms with Crippen molar-refractivity contribution < 1.29 is 19.7 Å². The van der Waals surface area contributed by atoms with E-state index in [1.165, 1.54) is 0 Å². The highest BCUT2D eigenvalue weighted by molar-refractivity contribution is 5.41. The second kappa shape index (κ2) is 6.07. The average molecular weight is 254 g/mol. The standard InChI is InChI=1S/C14H22O4/c1-10(15)12-6-5-11(17-4)9-13(12)18-8-7-14(2,3)16/h5-6,9-10,15-16H,7-8H2,1-4H3/t10-/m1/s1. The van der Waals surface area contributed by atoms with Gasteiger partial charge in [0, 0.05) is 18.1 Å². The van der Waals surface area contributed by atoms with E-state index in [1.54, 1.807) is 46.1 Å².